The summed E-state index contributed by atoms with van der Waals surface area (Å²) < 4.78 is 11.8. The van der Waals surface area contributed by atoms with E-state index < -0.39 is 5.92 Å². The summed E-state index contributed by atoms with van der Waals surface area (Å²) in [7, 11) is 3.17. The second kappa shape index (κ2) is 10.3. The Kier molecular flexibility index (Phi) is 6.89. The van der Waals surface area contributed by atoms with Crippen LogP contribution in [0.15, 0.2) is 94.1 Å². The largest absolute Gasteiger partial charge is 0.507 e. The molecular weight excluding hydrogens is 532 g/mol. The smallest absolute Gasteiger partial charge is 0.161 e. The quantitative estimate of drug-likeness (QED) is 0.328. The number of allylic oxidation sites excluding steroid dienone is 2. The fourth-order valence-electron chi connectivity index (χ4n) is 5.21. The first kappa shape index (κ1) is 24.8. The molecule has 0 saturated carbocycles. The third-order valence-electron chi connectivity index (χ3n) is 6.89. The fourth-order valence-corrected chi connectivity index (χ4v) is 5.60. The number of aliphatic hydroxyl groups excluding tert-OH is 1. The van der Waals surface area contributed by atoms with E-state index in [1.165, 1.54) is 0 Å². The van der Waals surface area contributed by atoms with Crippen LogP contribution in [0.1, 0.15) is 36.3 Å². The van der Waals surface area contributed by atoms with Gasteiger partial charge in [-0.25, -0.2) is 0 Å². The molecule has 0 saturated heterocycles. The Morgan fingerprint density at radius 3 is 2.46 bits per heavy atom. The number of halogens is 1. The lowest BCUT2D eigenvalue weighted by Crippen LogP contribution is -2.42. The first-order valence-corrected chi connectivity index (χ1v) is 12.8. The molecule has 1 aliphatic heterocycles. The van der Waals surface area contributed by atoms with Crippen LogP contribution in [-0.4, -0.2) is 30.9 Å². The van der Waals surface area contributed by atoms with Crippen molar-refractivity contribution in [1.82, 2.24) is 0 Å². The SMILES string of the molecule is COc1ccc(/C(O)=C2\C(=N)N(c3cccc(Br)c3)C3=C(C(=O)CCC3)C2c2ccccc2OC)cc1. The van der Waals surface area contributed by atoms with Crippen molar-refractivity contribution in [2.45, 2.75) is 25.2 Å². The van der Waals surface area contributed by atoms with Crippen LogP contribution in [0.3, 0.4) is 0 Å². The number of methoxy groups -OCH3 is 2. The van der Waals surface area contributed by atoms with Gasteiger partial charge in [-0.1, -0.05) is 40.2 Å². The van der Waals surface area contributed by atoms with Crippen LogP contribution in [-0.2, 0) is 4.79 Å². The summed E-state index contributed by atoms with van der Waals surface area (Å²) in [5, 5.41) is 21.2. The summed E-state index contributed by atoms with van der Waals surface area (Å²) in [5.74, 6) is 0.678. The number of ketones is 1. The number of carbonyl (C=O) groups excluding carboxylic acids is 1. The minimum absolute atomic E-state index is 0.0182. The molecule has 0 fully saturated rings. The number of aliphatic hydroxyl groups is 1. The maximum atomic E-state index is 13.6. The van der Waals surface area contributed by atoms with E-state index in [2.05, 4.69) is 15.9 Å². The molecule has 188 valence electrons. The summed E-state index contributed by atoms with van der Waals surface area (Å²) >= 11 is 3.54. The van der Waals surface area contributed by atoms with E-state index in [0.717, 1.165) is 21.4 Å². The van der Waals surface area contributed by atoms with Gasteiger partial charge in [0.1, 0.15) is 23.1 Å². The molecule has 0 aromatic heterocycles. The zero-order valence-corrected chi connectivity index (χ0v) is 22.2. The molecule has 0 spiro atoms. The summed E-state index contributed by atoms with van der Waals surface area (Å²) in [4.78, 5) is 15.4. The van der Waals surface area contributed by atoms with Crippen LogP contribution in [0.2, 0.25) is 0 Å². The van der Waals surface area contributed by atoms with E-state index in [0.29, 0.717) is 47.5 Å². The van der Waals surface area contributed by atoms with Gasteiger partial charge in [-0.2, -0.15) is 0 Å². The highest BCUT2D eigenvalue weighted by atomic mass is 79.9. The average molecular weight is 559 g/mol. The molecule has 5 rings (SSSR count). The lowest BCUT2D eigenvalue weighted by atomic mass is 9.73. The summed E-state index contributed by atoms with van der Waals surface area (Å²) in [5.41, 5.74) is 3.76. The molecule has 3 aromatic rings. The van der Waals surface area contributed by atoms with Gasteiger partial charge in [0.15, 0.2) is 5.78 Å². The van der Waals surface area contributed by atoms with Gasteiger partial charge >= 0.3 is 0 Å². The standard InChI is InChI=1S/C30H27BrN2O4/c1-36-21-15-13-18(14-16-21)29(35)28-26(22-9-3-4-12-25(22)37-2)27-23(10-6-11-24(27)34)33(30(28)32)20-8-5-7-19(31)17-20/h3-5,7-9,12-17,26,32,35H,6,10-11H2,1-2H3/b29-28+,32-30?. The topological polar surface area (TPSA) is 82.9 Å². The van der Waals surface area contributed by atoms with Crippen molar-refractivity contribution in [3.8, 4) is 11.5 Å². The molecule has 0 amide bonds. The molecule has 2 aliphatic rings. The molecule has 2 N–H and O–H groups in total. The Morgan fingerprint density at radius 2 is 1.76 bits per heavy atom. The molecule has 1 heterocycles. The number of anilines is 1. The zero-order valence-electron chi connectivity index (χ0n) is 20.6. The van der Waals surface area contributed by atoms with Gasteiger partial charge < -0.3 is 14.6 Å². The van der Waals surface area contributed by atoms with Crippen LogP contribution < -0.4 is 14.4 Å². The third kappa shape index (κ3) is 4.44. The van der Waals surface area contributed by atoms with Crippen molar-refractivity contribution in [2.75, 3.05) is 19.1 Å². The second-order valence-electron chi connectivity index (χ2n) is 8.97. The molecule has 6 nitrogen and oxygen atoms in total. The average Bonchev–Trinajstić information content (AvgIpc) is 2.92. The van der Waals surface area contributed by atoms with Crippen LogP contribution in [0, 0.1) is 5.41 Å². The molecular formula is C30H27BrN2O4. The Bertz CT molecular complexity index is 1440. The number of carbonyl (C=O) groups is 1. The molecule has 7 heteroatoms. The molecule has 37 heavy (non-hydrogen) atoms. The lowest BCUT2D eigenvalue weighted by Gasteiger charge is -2.42. The van der Waals surface area contributed by atoms with Crippen molar-refractivity contribution in [1.29, 1.82) is 5.41 Å². The Labute approximate surface area is 224 Å². The number of hydrogen-bond donors (Lipinski definition) is 2. The number of benzene rings is 3. The minimum Gasteiger partial charge on any atom is -0.507 e. The number of nitrogens with one attached hydrogen (secondary N) is 1. The number of hydrogen-bond acceptors (Lipinski definition) is 5. The van der Waals surface area contributed by atoms with Crippen LogP contribution >= 0.6 is 15.9 Å². The van der Waals surface area contributed by atoms with Gasteiger partial charge in [-0.05, 0) is 61.4 Å². The zero-order chi connectivity index (χ0) is 26.1. The highest BCUT2D eigenvalue weighted by molar-refractivity contribution is 9.10. The van der Waals surface area contributed by atoms with E-state index in [4.69, 9.17) is 9.47 Å². The highest BCUT2D eigenvalue weighted by Gasteiger charge is 2.44. The monoisotopic (exact) mass is 558 g/mol. The number of para-hydroxylation sites is 1. The molecule has 1 aliphatic carbocycles. The third-order valence-corrected chi connectivity index (χ3v) is 7.38. The number of Topliss-reactive ketones (excluding diaryl/α,β-unsaturated/α-hetero) is 1. The van der Waals surface area contributed by atoms with Gasteiger partial charge in [0.05, 0.1) is 20.1 Å². The minimum atomic E-state index is -0.656. The van der Waals surface area contributed by atoms with Gasteiger partial charge in [-0.3, -0.25) is 15.1 Å². The number of nitrogens with zero attached hydrogens (tertiary/aromatic N) is 1. The van der Waals surface area contributed by atoms with E-state index in [1.807, 2.05) is 48.5 Å². The first-order chi connectivity index (χ1) is 17.9. The fraction of sp³-hybridized carbons (Fsp3) is 0.200. The van der Waals surface area contributed by atoms with Gasteiger partial charge in [-0.15, -0.1) is 0 Å². The number of rotatable bonds is 5. The van der Waals surface area contributed by atoms with E-state index in [-0.39, 0.29) is 17.4 Å². The predicted octanol–water partition coefficient (Wildman–Crippen LogP) is 7.02. The molecule has 0 radical (unpaired) electrons. The van der Waals surface area contributed by atoms with Crippen LogP contribution in [0.5, 0.6) is 11.5 Å². The first-order valence-electron chi connectivity index (χ1n) is 12.1. The van der Waals surface area contributed by atoms with E-state index in [9.17, 15) is 15.3 Å². The summed E-state index contributed by atoms with van der Waals surface area (Å²) in [6.45, 7) is 0. The lowest BCUT2D eigenvalue weighted by molar-refractivity contribution is -0.116. The van der Waals surface area contributed by atoms with Crippen molar-refractivity contribution in [3.05, 3.63) is 105 Å². The van der Waals surface area contributed by atoms with E-state index in [1.54, 1.807) is 43.4 Å². The van der Waals surface area contributed by atoms with Gasteiger partial charge in [0.25, 0.3) is 0 Å². The molecule has 0 bridgehead atoms. The molecule has 1 atom stereocenters. The maximum absolute atomic E-state index is 13.6. The van der Waals surface area contributed by atoms with Crippen molar-refractivity contribution in [3.63, 3.8) is 0 Å². The highest BCUT2D eigenvalue weighted by Crippen LogP contribution is 2.49. The molecule has 1 unspecified atom stereocenters. The van der Waals surface area contributed by atoms with Crippen molar-refractivity contribution >= 4 is 39.0 Å². The van der Waals surface area contributed by atoms with Gasteiger partial charge in [0, 0.05) is 44.6 Å². The van der Waals surface area contributed by atoms with Crippen molar-refractivity contribution in [2.24, 2.45) is 0 Å². The Morgan fingerprint density at radius 1 is 1.00 bits per heavy atom. The summed E-state index contributed by atoms with van der Waals surface area (Å²) in [6, 6.07) is 22.2. The Balaban J connectivity index is 1.84. The van der Waals surface area contributed by atoms with Crippen LogP contribution in [0.4, 0.5) is 5.69 Å². The normalized spacial score (nSPS) is 19.0. The van der Waals surface area contributed by atoms with Crippen LogP contribution in [0.25, 0.3) is 5.76 Å². The second-order valence-corrected chi connectivity index (χ2v) is 9.88. The number of amidine groups is 1. The molecule has 3 aromatic carbocycles. The maximum Gasteiger partial charge on any atom is 0.161 e. The Hall–Kier alpha value is -3.84. The van der Waals surface area contributed by atoms with E-state index >= 15 is 0 Å². The van der Waals surface area contributed by atoms with Crippen molar-refractivity contribution < 1.29 is 19.4 Å². The van der Waals surface area contributed by atoms with Gasteiger partial charge in [0.2, 0.25) is 0 Å². The summed E-state index contributed by atoms with van der Waals surface area (Å²) in [6.07, 6.45) is 1.77. The number of ether oxygens (including phenoxy) is 2. The predicted molar refractivity (Wildman–Crippen MR) is 149 cm³/mol.